The summed E-state index contributed by atoms with van der Waals surface area (Å²) < 4.78 is 50.6. The number of aryl methyl sites for hydroxylation is 1. The molecule has 0 saturated carbocycles. The van der Waals surface area contributed by atoms with E-state index in [9.17, 15) is 12.8 Å². The zero-order valence-corrected chi connectivity index (χ0v) is 20.7. The lowest BCUT2D eigenvalue weighted by molar-refractivity contribution is 0.297. The Balaban J connectivity index is 1.65. The molecule has 0 unspecified atom stereocenters. The van der Waals surface area contributed by atoms with E-state index < -0.39 is 21.9 Å². The largest absolute Gasteiger partial charge is 0.493 e. The Morgan fingerprint density at radius 1 is 1.06 bits per heavy atom. The molecule has 1 aromatic heterocycles. The predicted octanol–water partition coefficient (Wildman–Crippen LogP) is 6.10. The Labute approximate surface area is 209 Å². The minimum atomic E-state index is -4.02. The van der Waals surface area contributed by atoms with Crippen molar-refractivity contribution in [2.75, 3.05) is 10.9 Å². The van der Waals surface area contributed by atoms with Crippen LogP contribution in [0.5, 0.6) is 5.75 Å². The van der Waals surface area contributed by atoms with Crippen LogP contribution in [-0.2, 0) is 16.6 Å². The Bertz CT molecular complexity index is 1350. The highest BCUT2D eigenvalue weighted by atomic mass is 35.5. The first-order chi connectivity index (χ1) is 16.9. The first-order valence-electron chi connectivity index (χ1n) is 11.1. The number of para-hydroxylation sites is 1. The third kappa shape index (κ3) is 5.83. The molecule has 1 atom stereocenters. The highest BCUT2D eigenvalue weighted by Gasteiger charge is 2.32. The average Bonchev–Trinajstić information content (AvgIpc) is 3.37. The van der Waals surface area contributed by atoms with Gasteiger partial charge in [0.2, 0.25) is 0 Å². The summed E-state index contributed by atoms with van der Waals surface area (Å²) in [6, 6.07) is 18.0. The van der Waals surface area contributed by atoms with Crippen LogP contribution in [0, 0.1) is 5.82 Å². The van der Waals surface area contributed by atoms with Crippen molar-refractivity contribution < 1.29 is 17.5 Å². The van der Waals surface area contributed by atoms with E-state index >= 15 is 0 Å². The summed E-state index contributed by atoms with van der Waals surface area (Å²) in [7, 11) is -4.02. The SMILES string of the molecule is C[C@H](c1ccccc1OCCCn1ccnc1)N(c1ccc(F)cc1)S(=O)(=O)c1ccc(Cl)cc1. The van der Waals surface area contributed by atoms with Gasteiger partial charge in [0.25, 0.3) is 10.0 Å². The molecule has 0 fully saturated rings. The molecule has 0 saturated heterocycles. The van der Waals surface area contributed by atoms with Gasteiger partial charge in [0.15, 0.2) is 0 Å². The number of ether oxygens (including phenoxy) is 1. The van der Waals surface area contributed by atoms with Crippen LogP contribution in [-0.4, -0.2) is 24.6 Å². The monoisotopic (exact) mass is 513 g/mol. The molecule has 0 radical (unpaired) electrons. The number of aromatic nitrogens is 2. The molecule has 4 rings (SSSR count). The summed E-state index contributed by atoms with van der Waals surface area (Å²) in [4.78, 5) is 4.11. The standard InChI is InChI=1S/C26H25ClFN3O3S/c1-20(25-5-2-3-6-26(25)34-18-4-16-30-17-15-29-19-30)31(23-11-9-22(28)10-12-23)35(32,33)24-13-7-21(27)8-14-24/h2-3,5-15,17,19-20H,4,16,18H2,1H3/t20-/m1/s1. The zero-order valence-electron chi connectivity index (χ0n) is 19.1. The van der Waals surface area contributed by atoms with Gasteiger partial charge in [0, 0.05) is 29.5 Å². The Kier molecular flexibility index (Phi) is 7.73. The molecule has 1 heterocycles. The van der Waals surface area contributed by atoms with E-state index in [-0.39, 0.29) is 4.90 Å². The highest BCUT2D eigenvalue weighted by molar-refractivity contribution is 7.92. The van der Waals surface area contributed by atoms with Crippen molar-refractivity contribution >= 4 is 27.3 Å². The number of anilines is 1. The summed E-state index contributed by atoms with van der Waals surface area (Å²) in [6.45, 7) is 2.98. The molecule has 0 amide bonds. The van der Waals surface area contributed by atoms with Crippen molar-refractivity contribution in [3.63, 3.8) is 0 Å². The Hall–Kier alpha value is -3.36. The van der Waals surface area contributed by atoms with Crippen molar-refractivity contribution in [1.29, 1.82) is 0 Å². The van der Waals surface area contributed by atoms with Crippen LogP contribution in [0.4, 0.5) is 10.1 Å². The van der Waals surface area contributed by atoms with Gasteiger partial charge in [-0.05, 0) is 67.9 Å². The van der Waals surface area contributed by atoms with Gasteiger partial charge in [-0.15, -0.1) is 0 Å². The second kappa shape index (κ2) is 10.9. The second-order valence-electron chi connectivity index (χ2n) is 7.95. The maximum absolute atomic E-state index is 13.8. The smallest absolute Gasteiger partial charge is 0.264 e. The first kappa shape index (κ1) is 24.8. The van der Waals surface area contributed by atoms with Crippen molar-refractivity contribution in [3.8, 4) is 5.75 Å². The number of rotatable bonds is 10. The van der Waals surface area contributed by atoms with Crippen LogP contribution in [0.15, 0.2) is 96.4 Å². The number of nitrogens with zero attached hydrogens (tertiary/aromatic N) is 3. The summed E-state index contributed by atoms with van der Waals surface area (Å²) in [5.74, 6) is 0.135. The minimum Gasteiger partial charge on any atom is -0.493 e. The van der Waals surface area contributed by atoms with E-state index in [1.165, 1.54) is 52.8 Å². The number of sulfonamides is 1. The molecule has 0 aliphatic heterocycles. The fourth-order valence-electron chi connectivity index (χ4n) is 3.81. The van der Waals surface area contributed by atoms with Crippen molar-refractivity contribution in [2.24, 2.45) is 0 Å². The summed E-state index contributed by atoms with van der Waals surface area (Å²) in [5, 5.41) is 0.430. The number of imidazole rings is 1. The molecule has 0 N–H and O–H groups in total. The lowest BCUT2D eigenvalue weighted by atomic mass is 10.1. The molecule has 0 aliphatic carbocycles. The van der Waals surface area contributed by atoms with Gasteiger partial charge >= 0.3 is 0 Å². The van der Waals surface area contributed by atoms with Gasteiger partial charge in [0.05, 0.1) is 29.6 Å². The van der Waals surface area contributed by atoms with Crippen LogP contribution in [0.3, 0.4) is 0 Å². The lowest BCUT2D eigenvalue weighted by Gasteiger charge is -2.32. The van der Waals surface area contributed by atoms with Crippen LogP contribution in [0.25, 0.3) is 0 Å². The first-order valence-corrected chi connectivity index (χ1v) is 12.9. The van der Waals surface area contributed by atoms with E-state index in [0.717, 1.165) is 13.0 Å². The number of hydrogen-bond acceptors (Lipinski definition) is 4. The molecule has 0 spiro atoms. The molecule has 0 aliphatic rings. The molecular formula is C26H25ClFN3O3S. The third-order valence-corrected chi connectivity index (χ3v) is 7.71. The number of hydrogen-bond donors (Lipinski definition) is 0. The fraction of sp³-hybridized carbons (Fsp3) is 0.192. The minimum absolute atomic E-state index is 0.0804. The van der Waals surface area contributed by atoms with Crippen LogP contribution in [0.2, 0.25) is 5.02 Å². The van der Waals surface area contributed by atoms with Crippen molar-refractivity contribution in [3.05, 3.63) is 108 Å². The Morgan fingerprint density at radius 2 is 1.77 bits per heavy atom. The quantitative estimate of drug-likeness (QED) is 0.240. The summed E-state index contributed by atoms with van der Waals surface area (Å²) >= 11 is 5.98. The molecule has 9 heteroatoms. The van der Waals surface area contributed by atoms with Crippen molar-refractivity contribution in [2.45, 2.75) is 30.8 Å². The molecule has 0 bridgehead atoms. The van der Waals surface area contributed by atoms with E-state index in [1.807, 2.05) is 35.0 Å². The lowest BCUT2D eigenvalue weighted by Crippen LogP contribution is -2.34. The van der Waals surface area contributed by atoms with Crippen molar-refractivity contribution in [1.82, 2.24) is 9.55 Å². The second-order valence-corrected chi connectivity index (χ2v) is 10.2. The number of halogens is 2. The topological polar surface area (TPSA) is 64.4 Å². The van der Waals surface area contributed by atoms with E-state index in [1.54, 1.807) is 19.4 Å². The summed E-state index contributed by atoms with van der Waals surface area (Å²) in [5.41, 5.74) is 1.03. The van der Waals surface area contributed by atoms with E-state index in [2.05, 4.69) is 4.98 Å². The molecule has 4 aromatic rings. The van der Waals surface area contributed by atoms with E-state index in [4.69, 9.17) is 16.3 Å². The van der Waals surface area contributed by atoms with Gasteiger partial charge in [-0.25, -0.2) is 17.8 Å². The van der Waals surface area contributed by atoms with Gasteiger partial charge in [-0.2, -0.15) is 0 Å². The fourth-order valence-corrected chi connectivity index (χ4v) is 5.57. The van der Waals surface area contributed by atoms with Gasteiger partial charge in [-0.1, -0.05) is 29.8 Å². The maximum Gasteiger partial charge on any atom is 0.264 e. The molecule has 35 heavy (non-hydrogen) atoms. The predicted molar refractivity (Wildman–Crippen MR) is 135 cm³/mol. The molecular weight excluding hydrogens is 489 g/mol. The zero-order chi connectivity index (χ0) is 24.8. The van der Waals surface area contributed by atoms with E-state index in [0.29, 0.717) is 28.6 Å². The third-order valence-electron chi connectivity index (χ3n) is 5.55. The van der Waals surface area contributed by atoms with Gasteiger partial charge < -0.3 is 9.30 Å². The summed E-state index contributed by atoms with van der Waals surface area (Å²) in [6.07, 6.45) is 6.11. The van der Waals surface area contributed by atoms with Gasteiger partial charge in [0.1, 0.15) is 11.6 Å². The Morgan fingerprint density at radius 3 is 2.46 bits per heavy atom. The van der Waals surface area contributed by atoms with Gasteiger partial charge in [-0.3, -0.25) is 4.31 Å². The highest BCUT2D eigenvalue weighted by Crippen LogP contribution is 2.37. The number of benzene rings is 3. The maximum atomic E-state index is 13.8. The van der Waals surface area contributed by atoms with Crippen LogP contribution in [0.1, 0.15) is 24.9 Å². The van der Waals surface area contributed by atoms with Crippen LogP contribution < -0.4 is 9.04 Å². The molecule has 3 aromatic carbocycles. The average molecular weight is 514 g/mol. The normalized spacial score (nSPS) is 12.3. The molecule has 6 nitrogen and oxygen atoms in total. The molecule has 182 valence electrons. The van der Waals surface area contributed by atoms with Crippen LogP contribution >= 0.6 is 11.6 Å².